The van der Waals surface area contributed by atoms with E-state index in [9.17, 15) is 26.4 Å². The summed E-state index contributed by atoms with van der Waals surface area (Å²) in [6, 6.07) is 8.01. The van der Waals surface area contributed by atoms with Crippen LogP contribution in [0.25, 0.3) is 0 Å². The van der Waals surface area contributed by atoms with Crippen LogP contribution in [-0.2, 0) is 10.0 Å². The molecule has 0 unspecified atom stereocenters. The van der Waals surface area contributed by atoms with Crippen molar-refractivity contribution < 1.29 is 26.4 Å². The maximum atomic E-state index is 14.0. The van der Waals surface area contributed by atoms with E-state index >= 15 is 0 Å². The summed E-state index contributed by atoms with van der Waals surface area (Å²) in [5.41, 5.74) is -0.181. The lowest BCUT2D eigenvalue weighted by atomic mass is 9.99. The molecule has 0 atom stereocenters. The van der Waals surface area contributed by atoms with Crippen molar-refractivity contribution >= 4 is 33.0 Å². The third-order valence-electron chi connectivity index (χ3n) is 5.07. The van der Waals surface area contributed by atoms with Crippen LogP contribution >= 0.6 is 11.3 Å². The number of halogens is 3. The molecule has 1 aliphatic heterocycles. The summed E-state index contributed by atoms with van der Waals surface area (Å²) in [7, 11) is -3.95. The van der Waals surface area contributed by atoms with E-state index in [2.05, 4.69) is 15.5 Å². The molecular formula is C20H17F3N4O3S2. The minimum Gasteiger partial charge on any atom is -0.317 e. The maximum absolute atomic E-state index is 14.0. The zero-order valence-corrected chi connectivity index (χ0v) is 18.1. The fraction of sp³-hybridized carbons (Fsp3) is 0.250. The Kier molecular flexibility index (Phi) is 6.26. The highest BCUT2D eigenvalue weighted by molar-refractivity contribution is 7.89. The number of piperidine rings is 1. The molecule has 3 aromatic rings. The molecule has 168 valence electrons. The molecule has 1 aliphatic rings. The molecule has 0 radical (unpaired) electrons. The highest BCUT2D eigenvalue weighted by Gasteiger charge is 2.33. The molecule has 2 aromatic carbocycles. The monoisotopic (exact) mass is 482 g/mol. The summed E-state index contributed by atoms with van der Waals surface area (Å²) in [6.07, 6.45) is 0.854. The first-order valence-electron chi connectivity index (χ1n) is 9.60. The second kappa shape index (κ2) is 8.96. The Labute approximate surface area is 186 Å². The van der Waals surface area contributed by atoms with E-state index in [-0.39, 0.29) is 34.6 Å². The van der Waals surface area contributed by atoms with E-state index < -0.39 is 33.4 Å². The molecule has 1 aromatic heterocycles. The molecule has 4 rings (SSSR count). The summed E-state index contributed by atoms with van der Waals surface area (Å²) in [5.74, 6) is -3.27. The Morgan fingerprint density at radius 3 is 2.44 bits per heavy atom. The molecular weight excluding hydrogens is 465 g/mol. The third-order valence-corrected chi connectivity index (χ3v) is 8.09. The van der Waals surface area contributed by atoms with Gasteiger partial charge in [-0.2, -0.15) is 4.31 Å². The molecule has 12 heteroatoms. The van der Waals surface area contributed by atoms with Crippen molar-refractivity contribution in [3.8, 4) is 0 Å². The number of rotatable bonds is 5. The summed E-state index contributed by atoms with van der Waals surface area (Å²) in [5, 5.41) is 10.7. The molecule has 0 aliphatic carbocycles. The largest absolute Gasteiger partial charge is 0.317 e. The molecule has 0 spiro atoms. The van der Waals surface area contributed by atoms with Gasteiger partial charge in [0.25, 0.3) is 5.91 Å². The summed E-state index contributed by atoms with van der Waals surface area (Å²) in [6.45, 7) is 0.340. The number of sulfonamides is 1. The number of carbonyl (C=O) groups excluding carboxylic acids is 1. The summed E-state index contributed by atoms with van der Waals surface area (Å²) >= 11 is 1.02. The smallest absolute Gasteiger partial charge is 0.286 e. The first-order valence-corrected chi connectivity index (χ1v) is 11.9. The Bertz CT molecular complexity index is 1260. The van der Waals surface area contributed by atoms with Gasteiger partial charge >= 0.3 is 0 Å². The van der Waals surface area contributed by atoms with E-state index in [1.54, 1.807) is 0 Å². The van der Waals surface area contributed by atoms with Crippen LogP contribution in [0.4, 0.5) is 18.9 Å². The lowest BCUT2D eigenvalue weighted by Crippen LogP contribution is -2.38. The van der Waals surface area contributed by atoms with Crippen LogP contribution < -0.4 is 5.32 Å². The molecule has 1 N–H and O–H groups in total. The molecule has 0 bridgehead atoms. The van der Waals surface area contributed by atoms with E-state index in [0.717, 1.165) is 29.5 Å². The third kappa shape index (κ3) is 4.52. The van der Waals surface area contributed by atoms with Crippen LogP contribution in [0.3, 0.4) is 0 Å². The average Bonchev–Trinajstić information content (AvgIpc) is 3.26. The Morgan fingerprint density at radius 1 is 1.03 bits per heavy atom. The van der Waals surface area contributed by atoms with Crippen LogP contribution in [0, 0.1) is 17.5 Å². The van der Waals surface area contributed by atoms with Gasteiger partial charge in [-0.3, -0.25) is 4.79 Å². The van der Waals surface area contributed by atoms with Gasteiger partial charge in [0.05, 0.1) is 5.69 Å². The number of carbonyl (C=O) groups is 1. The zero-order valence-electron chi connectivity index (χ0n) is 16.5. The normalized spacial score (nSPS) is 15.6. The van der Waals surface area contributed by atoms with Crippen LogP contribution in [0.1, 0.15) is 33.6 Å². The van der Waals surface area contributed by atoms with E-state index in [0.29, 0.717) is 23.9 Å². The first kappa shape index (κ1) is 22.4. The fourth-order valence-electron chi connectivity index (χ4n) is 3.39. The molecule has 32 heavy (non-hydrogen) atoms. The molecule has 1 saturated heterocycles. The van der Waals surface area contributed by atoms with Crippen molar-refractivity contribution in [2.24, 2.45) is 0 Å². The summed E-state index contributed by atoms with van der Waals surface area (Å²) < 4.78 is 67.4. The van der Waals surface area contributed by atoms with Crippen LogP contribution in [0.2, 0.25) is 0 Å². The summed E-state index contributed by atoms with van der Waals surface area (Å²) in [4.78, 5) is 12.0. The van der Waals surface area contributed by atoms with Crippen LogP contribution in [0.15, 0.2) is 47.4 Å². The van der Waals surface area contributed by atoms with E-state index in [1.807, 2.05) is 0 Å². The van der Waals surface area contributed by atoms with E-state index in [4.69, 9.17) is 0 Å². The first-order chi connectivity index (χ1) is 15.3. The molecule has 1 amide bonds. The van der Waals surface area contributed by atoms with Crippen molar-refractivity contribution in [3.63, 3.8) is 0 Å². The number of anilines is 1. The minimum atomic E-state index is -3.95. The van der Waals surface area contributed by atoms with Gasteiger partial charge in [-0.15, -0.1) is 10.2 Å². The number of nitrogens with zero attached hydrogens (tertiary/aromatic N) is 3. The number of benzene rings is 2. The predicted molar refractivity (Wildman–Crippen MR) is 111 cm³/mol. The SMILES string of the molecule is O=C(Nc1ccc(F)cc1F)c1nnc(C2CCN(S(=O)(=O)c3ccccc3F)CC2)s1. The number of amides is 1. The highest BCUT2D eigenvalue weighted by atomic mass is 32.2. The Morgan fingerprint density at radius 2 is 1.75 bits per heavy atom. The lowest BCUT2D eigenvalue weighted by molar-refractivity contribution is 0.102. The van der Waals surface area contributed by atoms with Gasteiger partial charge in [-0.05, 0) is 37.1 Å². The van der Waals surface area contributed by atoms with Crippen molar-refractivity contribution in [1.82, 2.24) is 14.5 Å². The second-order valence-electron chi connectivity index (χ2n) is 7.13. The van der Waals surface area contributed by atoms with E-state index in [1.165, 1.54) is 22.5 Å². The fourth-order valence-corrected chi connectivity index (χ4v) is 5.84. The number of hydrogen-bond acceptors (Lipinski definition) is 6. The molecule has 7 nitrogen and oxygen atoms in total. The van der Waals surface area contributed by atoms with Crippen molar-refractivity contribution in [1.29, 1.82) is 0 Å². The minimum absolute atomic E-state index is 0.00475. The number of nitrogens with one attached hydrogen (secondary N) is 1. The van der Waals surface area contributed by atoms with Gasteiger partial charge in [0, 0.05) is 25.1 Å². The van der Waals surface area contributed by atoms with Gasteiger partial charge in [0.1, 0.15) is 27.4 Å². The van der Waals surface area contributed by atoms with Crippen LogP contribution in [0.5, 0.6) is 0 Å². The lowest BCUT2D eigenvalue weighted by Gasteiger charge is -2.30. The number of aromatic nitrogens is 2. The van der Waals surface area contributed by atoms with Crippen molar-refractivity contribution in [2.45, 2.75) is 23.7 Å². The predicted octanol–water partition coefficient (Wildman–Crippen LogP) is 3.78. The van der Waals surface area contributed by atoms with Crippen molar-refractivity contribution in [2.75, 3.05) is 18.4 Å². The van der Waals surface area contributed by atoms with Gasteiger partial charge in [-0.1, -0.05) is 23.5 Å². The number of hydrogen-bond donors (Lipinski definition) is 1. The van der Waals surface area contributed by atoms with Crippen LogP contribution in [-0.4, -0.2) is 41.9 Å². The average molecular weight is 483 g/mol. The standard InChI is InChI=1S/C20H17F3N4O3S2/c21-13-5-6-16(15(23)11-13)24-18(28)20-26-25-19(31-20)12-7-9-27(10-8-12)32(29,30)17-4-2-1-3-14(17)22/h1-6,11-12H,7-10H2,(H,24,28). The topological polar surface area (TPSA) is 92.3 Å². The van der Waals surface area contributed by atoms with Gasteiger partial charge in [0.2, 0.25) is 15.0 Å². The second-order valence-corrected chi connectivity index (χ2v) is 10.0. The molecule has 0 saturated carbocycles. The quantitative estimate of drug-likeness (QED) is 0.598. The highest BCUT2D eigenvalue weighted by Crippen LogP contribution is 2.33. The van der Waals surface area contributed by atoms with Gasteiger partial charge in [0.15, 0.2) is 0 Å². The van der Waals surface area contributed by atoms with Crippen molar-refractivity contribution in [3.05, 3.63) is 69.9 Å². The van der Waals surface area contributed by atoms with Gasteiger partial charge in [-0.25, -0.2) is 21.6 Å². The molecule has 2 heterocycles. The Hall–Kier alpha value is -2.83. The van der Waals surface area contributed by atoms with Gasteiger partial charge < -0.3 is 5.32 Å². The maximum Gasteiger partial charge on any atom is 0.286 e. The molecule has 1 fully saturated rings. The Balaban J connectivity index is 1.41. The zero-order chi connectivity index (χ0) is 22.9.